The Balaban J connectivity index is 1.27. The maximum Gasteiger partial charge on any atom is 0.291 e. The van der Waals surface area contributed by atoms with E-state index in [1.165, 1.54) is 29.7 Å². The Hall–Kier alpha value is -3.29. The van der Waals surface area contributed by atoms with Gasteiger partial charge in [-0.2, -0.15) is 0 Å². The first-order valence-corrected chi connectivity index (χ1v) is 9.90. The largest absolute Gasteiger partial charge is 0.459 e. The summed E-state index contributed by atoms with van der Waals surface area (Å²) >= 11 is 1.54. The number of hydrogen-bond acceptors (Lipinski definition) is 5. The average molecular weight is 407 g/mol. The lowest BCUT2D eigenvalue weighted by Gasteiger charge is -2.06. The van der Waals surface area contributed by atoms with Crippen LogP contribution in [-0.4, -0.2) is 10.9 Å². The summed E-state index contributed by atoms with van der Waals surface area (Å²) in [7, 11) is 0. The second kappa shape index (κ2) is 8.81. The molecule has 146 valence electrons. The number of hydrogen-bond donors (Lipinski definition) is 2. The Kier molecular flexibility index (Phi) is 5.79. The molecule has 2 aromatic carbocycles. The number of benzene rings is 2. The predicted molar refractivity (Wildman–Crippen MR) is 111 cm³/mol. The highest BCUT2D eigenvalue weighted by Crippen LogP contribution is 2.23. The summed E-state index contributed by atoms with van der Waals surface area (Å²) in [5, 5.41) is 9.02. The molecule has 0 aliphatic carbocycles. The minimum absolute atomic E-state index is 0.251. The van der Waals surface area contributed by atoms with Crippen LogP contribution in [-0.2, 0) is 13.1 Å². The Morgan fingerprint density at radius 3 is 2.55 bits per heavy atom. The van der Waals surface area contributed by atoms with E-state index in [-0.39, 0.29) is 17.5 Å². The van der Waals surface area contributed by atoms with Crippen molar-refractivity contribution in [2.75, 3.05) is 5.32 Å². The van der Waals surface area contributed by atoms with Crippen molar-refractivity contribution in [3.63, 3.8) is 0 Å². The first-order chi connectivity index (χ1) is 14.2. The van der Waals surface area contributed by atoms with Crippen LogP contribution in [0.4, 0.5) is 10.1 Å². The average Bonchev–Trinajstić information content (AvgIpc) is 3.42. The molecule has 0 saturated carbocycles. The van der Waals surface area contributed by atoms with Gasteiger partial charge in [0.05, 0.1) is 12.0 Å². The molecule has 5 nitrogen and oxygen atoms in total. The molecular formula is C22H18FN3O2S. The third-order valence-electron chi connectivity index (χ3n) is 4.23. The SMILES string of the molecule is O=C(Nc1ccc(CNCc2csc(-c3ccc(F)cc3)n2)cc1)c1ccco1. The molecule has 7 heteroatoms. The zero-order valence-corrected chi connectivity index (χ0v) is 16.2. The number of carbonyl (C=O) groups excluding carboxylic acids is 1. The van der Waals surface area contributed by atoms with Crippen LogP contribution in [0.25, 0.3) is 10.6 Å². The first-order valence-electron chi connectivity index (χ1n) is 9.02. The first kappa shape index (κ1) is 19.0. The number of amides is 1. The molecule has 2 heterocycles. The van der Waals surface area contributed by atoms with Crippen LogP contribution in [0, 0.1) is 5.82 Å². The Labute approximate surface area is 171 Å². The van der Waals surface area contributed by atoms with Gasteiger partial charge in [0.1, 0.15) is 10.8 Å². The Morgan fingerprint density at radius 2 is 1.83 bits per heavy atom. The van der Waals surface area contributed by atoms with Crippen molar-refractivity contribution in [1.82, 2.24) is 10.3 Å². The number of nitrogens with one attached hydrogen (secondary N) is 2. The zero-order valence-electron chi connectivity index (χ0n) is 15.4. The van der Waals surface area contributed by atoms with E-state index in [1.807, 2.05) is 29.6 Å². The van der Waals surface area contributed by atoms with Gasteiger partial charge in [-0.3, -0.25) is 4.79 Å². The van der Waals surface area contributed by atoms with Gasteiger partial charge in [0.2, 0.25) is 0 Å². The molecule has 0 aliphatic rings. The van der Waals surface area contributed by atoms with Crippen molar-refractivity contribution >= 4 is 22.9 Å². The summed E-state index contributed by atoms with van der Waals surface area (Å²) in [6.45, 7) is 1.31. The molecule has 0 saturated heterocycles. The lowest BCUT2D eigenvalue weighted by atomic mass is 10.2. The summed E-state index contributed by atoms with van der Waals surface area (Å²) < 4.78 is 18.1. The van der Waals surface area contributed by atoms with E-state index in [4.69, 9.17) is 4.42 Å². The predicted octanol–water partition coefficient (Wildman–Crippen LogP) is 5.08. The molecular weight excluding hydrogens is 389 g/mol. The lowest BCUT2D eigenvalue weighted by molar-refractivity contribution is 0.0996. The fraction of sp³-hybridized carbons (Fsp3) is 0.0909. The number of carbonyl (C=O) groups is 1. The number of aromatic nitrogens is 1. The van der Waals surface area contributed by atoms with Crippen LogP contribution >= 0.6 is 11.3 Å². The van der Waals surface area contributed by atoms with E-state index in [1.54, 1.807) is 24.3 Å². The lowest BCUT2D eigenvalue weighted by Crippen LogP contribution is -2.13. The van der Waals surface area contributed by atoms with Crippen molar-refractivity contribution in [3.05, 3.63) is 95.1 Å². The summed E-state index contributed by atoms with van der Waals surface area (Å²) in [6.07, 6.45) is 1.47. The summed E-state index contributed by atoms with van der Waals surface area (Å²) in [6, 6.07) is 17.3. The maximum atomic E-state index is 13.0. The van der Waals surface area contributed by atoms with Gasteiger partial charge in [-0.15, -0.1) is 11.3 Å². The highest BCUT2D eigenvalue weighted by molar-refractivity contribution is 7.13. The number of anilines is 1. The van der Waals surface area contributed by atoms with E-state index < -0.39 is 0 Å². The van der Waals surface area contributed by atoms with Gasteiger partial charge in [0.15, 0.2) is 5.76 Å². The van der Waals surface area contributed by atoms with Crippen LogP contribution in [0.1, 0.15) is 21.8 Å². The van der Waals surface area contributed by atoms with Crippen molar-refractivity contribution in [3.8, 4) is 10.6 Å². The van der Waals surface area contributed by atoms with Crippen molar-refractivity contribution in [2.45, 2.75) is 13.1 Å². The molecule has 0 spiro atoms. The van der Waals surface area contributed by atoms with E-state index in [9.17, 15) is 9.18 Å². The van der Waals surface area contributed by atoms with E-state index in [0.717, 1.165) is 21.8 Å². The maximum absolute atomic E-state index is 13.0. The standard InChI is InChI=1S/C22H18FN3O2S/c23-17-7-5-16(6-8-17)22-26-19(14-29-22)13-24-12-15-3-9-18(10-4-15)25-21(27)20-2-1-11-28-20/h1-11,14,24H,12-13H2,(H,25,27). The molecule has 0 fully saturated rings. The Bertz CT molecular complexity index is 1070. The van der Waals surface area contributed by atoms with E-state index in [0.29, 0.717) is 18.8 Å². The molecule has 0 radical (unpaired) electrons. The minimum atomic E-state index is -0.277. The number of rotatable bonds is 7. The van der Waals surface area contributed by atoms with Gasteiger partial charge < -0.3 is 15.1 Å². The number of halogens is 1. The van der Waals surface area contributed by atoms with E-state index >= 15 is 0 Å². The fourth-order valence-corrected chi connectivity index (χ4v) is 3.58. The zero-order chi connectivity index (χ0) is 20.1. The molecule has 2 aromatic heterocycles. The van der Waals surface area contributed by atoms with Crippen LogP contribution < -0.4 is 10.6 Å². The quantitative estimate of drug-likeness (QED) is 0.448. The Morgan fingerprint density at radius 1 is 1.03 bits per heavy atom. The normalized spacial score (nSPS) is 10.8. The van der Waals surface area contributed by atoms with Crippen molar-refractivity contribution in [2.24, 2.45) is 0 Å². The van der Waals surface area contributed by atoms with E-state index in [2.05, 4.69) is 15.6 Å². The smallest absolute Gasteiger partial charge is 0.291 e. The fourth-order valence-electron chi connectivity index (χ4n) is 2.75. The molecule has 4 rings (SSSR count). The highest BCUT2D eigenvalue weighted by Gasteiger charge is 2.08. The summed E-state index contributed by atoms with van der Waals surface area (Å²) in [4.78, 5) is 16.6. The number of furan rings is 1. The van der Waals surface area contributed by atoms with Gasteiger partial charge in [-0.05, 0) is 54.1 Å². The van der Waals surface area contributed by atoms with Crippen molar-refractivity contribution in [1.29, 1.82) is 0 Å². The van der Waals surface area contributed by atoms with Gasteiger partial charge in [-0.1, -0.05) is 12.1 Å². The molecule has 4 aromatic rings. The van der Waals surface area contributed by atoms with Crippen molar-refractivity contribution < 1.29 is 13.6 Å². The van der Waals surface area contributed by atoms with Crippen LogP contribution in [0.15, 0.2) is 76.7 Å². The molecule has 1 amide bonds. The molecule has 0 atom stereocenters. The van der Waals surface area contributed by atoms with Gasteiger partial charge >= 0.3 is 0 Å². The summed E-state index contributed by atoms with van der Waals surface area (Å²) in [5.74, 6) is -0.251. The van der Waals surface area contributed by atoms with Crippen LogP contribution in [0.3, 0.4) is 0 Å². The summed E-state index contributed by atoms with van der Waals surface area (Å²) in [5.41, 5.74) is 3.65. The van der Waals surface area contributed by atoms with Gasteiger partial charge in [-0.25, -0.2) is 9.37 Å². The minimum Gasteiger partial charge on any atom is -0.459 e. The second-order valence-electron chi connectivity index (χ2n) is 6.38. The highest BCUT2D eigenvalue weighted by atomic mass is 32.1. The molecule has 0 unspecified atom stereocenters. The molecule has 29 heavy (non-hydrogen) atoms. The monoisotopic (exact) mass is 407 g/mol. The second-order valence-corrected chi connectivity index (χ2v) is 7.24. The number of nitrogens with zero attached hydrogens (tertiary/aromatic N) is 1. The third-order valence-corrected chi connectivity index (χ3v) is 5.18. The van der Waals surface area contributed by atoms with Crippen LogP contribution in [0.5, 0.6) is 0 Å². The molecule has 0 bridgehead atoms. The van der Waals surface area contributed by atoms with Gasteiger partial charge in [0, 0.05) is 29.7 Å². The van der Waals surface area contributed by atoms with Crippen LogP contribution in [0.2, 0.25) is 0 Å². The third kappa shape index (κ3) is 4.96. The molecule has 2 N–H and O–H groups in total. The number of thiazole rings is 1. The molecule has 0 aliphatic heterocycles. The topological polar surface area (TPSA) is 67.2 Å². The van der Waals surface area contributed by atoms with Gasteiger partial charge in [0.25, 0.3) is 5.91 Å².